The minimum atomic E-state index is -1.09. The molecule has 2 fully saturated rings. The van der Waals surface area contributed by atoms with Crippen LogP contribution in [0.2, 0.25) is 5.02 Å². The average molecular weight is 439 g/mol. The van der Waals surface area contributed by atoms with Gasteiger partial charge in [0.15, 0.2) is 0 Å². The molecule has 0 bridgehead atoms. The molecule has 1 aliphatic carbocycles. The maximum Gasteiger partial charge on any atom is 0.372 e. The first-order valence-electron chi connectivity index (χ1n) is 10.5. The predicted molar refractivity (Wildman–Crippen MR) is 118 cm³/mol. The number of carboxylic acid groups (broad SMARTS) is 1. The number of nitrogens with zero attached hydrogens (tertiary/aromatic N) is 3. The summed E-state index contributed by atoms with van der Waals surface area (Å²) in [5, 5.41) is 13.3. The number of amides is 2. The fourth-order valence-corrected chi connectivity index (χ4v) is 5.40. The lowest BCUT2D eigenvalue weighted by Crippen LogP contribution is -2.61. The molecule has 3 aromatic rings. The third-order valence-electron chi connectivity index (χ3n) is 6.72. The number of benzene rings is 1. The van der Waals surface area contributed by atoms with Crippen LogP contribution in [0.1, 0.15) is 48.3 Å². The Hall–Kier alpha value is -3.06. The number of carbonyl (C=O) groups excluding carboxylic acids is 1. The zero-order valence-electron chi connectivity index (χ0n) is 16.9. The first-order valence-corrected chi connectivity index (χ1v) is 10.9. The number of fused-ring (bicyclic) bond motifs is 1. The van der Waals surface area contributed by atoms with Crippen molar-refractivity contribution in [3.05, 3.63) is 65.2 Å². The minimum Gasteiger partial charge on any atom is -0.475 e. The van der Waals surface area contributed by atoms with Gasteiger partial charge < -0.3 is 10.4 Å². The second-order valence-corrected chi connectivity index (χ2v) is 8.80. The number of urea groups is 1. The van der Waals surface area contributed by atoms with E-state index in [0.717, 1.165) is 24.8 Å². The second kappa shape index (κ2) is 7.57. The number of nitrogens with one attached hydrogen (secondary N) is 1. The van der Waals surface area contributed by atoms with Gasteiger partial charge in [-0.05, 0) is 55.0 Å². The number of hydrogen-bond donors (Lipinski definition) is 2. The summed E-state index contributed by atoms with van der Waals surface area (Å²) in [5.41, 5.74) is 1.99. The number of anilines is 1. The first kappa shape index (κ1) is 19.9. The van der Waals surface area contributed by atoms with Crippen molar-refractivity contribution in [1.82, 2.24) is 14.7 Å². The Balaban J connectivity index is 1.47. The molecule has 0 spiro atoms. The lowest BCUT2D eigenvalue weighted by atomic mass is 9.73. The van der Waals surface area contributed by atoms with E-state index in [4.69, 9.17) is 11.6 Å². The van der Waals surface area contributed by atoms with Crippen molar-refractivity contribution < 1.29 is 14.7 Å². The predicted octanol–water partition coefficient (Wildman–Crippen LogP) is 4.69. The molecule has 1 saturated carbocycles. The van der Waals surface area contributed by atoms with Gasteiger partial charge in [-0.1, -0.05) is 36.6 Å². The number of imidazole rings is 1. The van der Waals surface area contributed by atoms with Crippen molar-refractivity contribution in [2.45, 2.75) is 37.6 Å². The number of aromatic nitrogens is 2. The average Bonchev–Trinajstić information content (AvgIpc) is 3.43. The second-order valence-electron chi connectivity index (χ2n) is 8.36. The Morgan fingerprint density at radius 1 is 1.23 bits per heavy atom. The zero-order valence-corrected chi connectivity index (χ0v) is 17.7. The summed E-state index contributed by atoms with van der Waals surface area (Å²) in [6.45, 7) is 0.560. The smallest absolute Gasteiger partial charge is 0.372 e. The van der Waals surface area contributed by atoms with Crippen LogP contribution in [0.25, 0.3) is 5.52 Å². The van der Waals surface area contributed by atoms with E-state index in [1.165, 1.54) is 23.4 Å². The Labute approximate surface area is 184 Å². The first-order chi connectivity index (χ1) is 15.0. The quantitative estimate of drug-likeness (QED) is 0.618. The summed E-state index contributed by atoms with van der Waals surface area (Å²) < 4.78 is 1.50. The molecule has 1 saturated heterocycles. The summed E-state index contributed by atoms with van der Waals surface area (Å²) in [5.74, 6) is -0.760. The van der Waals surface area contributed by atoms with Gasteiger partial charge >= 0.3 is 12.0 Å². The van der Waals surface area contributed by atoms with Crippen LogP contribution < -0.4 is 10.2 Å². The van der Waals surface area contributed by atoms with Gasteiger partial charge in [-0.2, -0.15) is 0 Å². The summed E-state index contributed by atoms with van der Waals surface area (Å²) in [6.07, 6.45) is 8.45. The van der Waals surface area contributed by atoms with Gasteiger partial charge in [-0.3, -0.25) is 9.30 Å². The van der Waals surface area contributed by atoms with Crippen molar-refractivity contribution >= 4 is 34.8 Å². The molecule has 5 rings (SSSR count). The Morgan fingerprint density at radius 3 is 2.74 bits per heavy atom. The molecule has 1 atom stereocenters. The van der Waals surface area contributed by atoms with Crippen LogP contribution in [-0.2, 0) is 5.54 Å². The standard InChI is InChI=1S/C23H23ClN4O3/c24-17-7-3-6-16(12-17)23(15-4-1-2-5-15)9-11-28(22(31)26-23)18-8-10-27-19(13-18)14-25-20(27)21(29)30/h3,6-8,10,12-15H,1-2,4-5,9,11H2,(H,26,31)(H,29,30). The number of pyridine rings is 1. The normalized spacial score (nSPS) is 22.1. The topological polar surface area (TPSA) is 86.9 Å². The molecule has 2 amide bonds. The molecular formula is C23H23ClN4O3. The third-order valence-corrected chi connectivity index (χ3v) is 6.95. The van der Waals surface area contributed by atoms with Crippen LogP contribution in [0.4, 0.5) is 10.5 Å². The van der Waals surface area contributed by atoms with Crippen molar-refractivity contribution in [2.75, 3.05) is 11.4 Å². The highest BCUT2D eigenvalue weighted by molar-refractivity contribution is 6.30. The summed E-state index contributed by atoms with van der Waals surface area (Å²) in [6, 6.07) is 11.2. The van der Waals surface area contributed by atoms with Crippen LogP contribution in [-0.4, -0.2) is 33.0 Å². The van der Waals surface area contributed by atoms with Crippen molar-refractivity contribution in [2.24, 2.45) is 5.92 Å². The molecule has 1 aliphatic heterocycles. The molecule has 7 nitrogen and oxygen atoms in total. The molecule has 160 valence electrons. The lowest BCUT2D eigenvalue weighted by molar-refractivity contribution is 0.0682. The van der Waals surface area contributed by atoms with Crippen molar-refractivity contribution in [3.63, 3.8) is 0 Å². The van der Waals surface area contributed by atoms with Crippen LogP contribution in [0, 0.1) is 5.92 Å². The van der Waals surface area contributed by atoms with E-state index in [-0.39, 0.29) is 11.9 Å². The van der Waals surface area contributed by atoms with E-state index >= 15 is 0 Å². The molecule has 31 heavy (non-hydrogen) atoms. The fraction of sp³-hybridized carbons (Fsp3) is 0.348. The highest BCUT2D eigenvalue weighted by Gasteiger charge is 2.46. The van der Waals surface area contributed by atoms with Gasteiger partial charge in [0, 0.05) is 23.5 Å². The molecule has 8 heteroatoms. The van der Waals surface area contributed by atoms with Crippen molar-refractivity contribution in [3.8, 4) is 0 Å². The lowest BCUT2D eigenvalue weighted by Gasteiger charge is -2.46. The van der Waals surface area contributed by atoms with Gasteiger partial charge in [0.25, 0.3) is 0 Å². The number of carbonyl (C=O) groups is 2. The van der Waals surface area contributed by atoms with Gasteiger partial charge in [0.2, 0.25) is 5.82 Å². The highest BCUT2D eigenvalue weighted by atomic mass is 35.5. The SMILES string of the molecule is O=C(O)c1ncc2cc(N3CCC(c4cccc(Cl)c4)(C4CCCC4)NC3=O)ccn12. The summed E-state index contributed by atoms with van der Waals surface area (Å²) in [4.78, 5) is 30.3. The Kier molecular flexibility index (Phi) is 4.85. The van der Waals surface area contributed by atoms with Crippen molar-refractivity contribution in [1.29, 1.82) is 0 Å². The number of rotatable bonds is 4. The highest BCUT2D eigenvalue weighted by Crippen LogP contribution is 2.45. The fourth-order valence-electron chi connectivity index (χ4n) is 5.21. The number of aromatic carboxylic acids is 1. The third kappa shape index (κ3) is 3.33. The largest absolute Gasteiger partial charge is 0.475 e. The summed E-state index contributed by atoms with van der Waals surface area (Å²) in [7, 11) is 0. The van der Waals surface area contributed by atoms with Crippen LogP contribution in [0.15, 0.2) is 48.8 Å². The van der Waals surface area contributed by atoms with E-state index < -0.39 is 11.5 Å². The van der Waals surface area contributed by atoms with Gasteiger partial charge in [-0.25, -0.2) is 14.6 Å². The number of hydrogen-bond acceptors (Lipinski definition) is 3. The molecule has 2 N–H and O–H groups in total. The van der Waals surface area contributed by atoms with Gasteiger partial charge in [0.05, 0.1) is 17.3 Å². The molecule has 2 aromatic heterocycles. The van der Waals surface area contributed by atoms with E-state index in [0.29, 0.717) is 28.7 Å². The molecule has 1 aromatic carbocycles. The van der Waals surface area contributed by atoms with E-state index in [2.05, 4.69) is 16.4 Å². The van der Waals surface area contributed by atoms with Gasteiger partial charge in [0.1, 0.15) is 0 Å². The number of carboxylic acids is 1. The molecule has 2 aliphatic rings. The zero-order chi connectivity index (χ0) is 21.6. The summed E-state index contributed by atoms with van der Waals surface area (Å²) >= 11 is 6.30. The van der Waals surface area contributed by atoms with E-state index in [9.17, 15) is 14.7 Å². The van der Waals surface area contributed by atoms with Crippen LogP contribution in [0.5, 0.6) is 0 Å². The monoisotopic (exact) mass is 438 g/mol. The Bertz CT molecular complexity index is 1170. The maximum absolute atomic E-state index is 13.3. The van der Waals surface area contributed by atoms with Crippen LogP contribution in [0.3, 0.4) is 0 Å². The van der Waals surface area contributed by atoms with E-state index in [1.807, 2.05) is 18.2 Å². The number of halogens is 1. The Morgan fingerprint density at radius 2 is 2.03 bits per heavy atom. The molecular weight excluding hydrogens is 416 g/mol. The minimum absolute atomic E-state index is 0.0501. The van der Waals surface area contributed by atoms with Crippen LogP contribution >= 0.6 is 11.6 Å². The molecule has 3 heterocycles. The maximum atomic E-state index is 13.3. The molecule has 1 unspecified atom stereocenters. The van der Waals surface area contributed by atoms with E-state index in [1.54, 1.807) is 23.2 Å². The molecule has 0 radical (unpaired) electrons. The van der Waals surface area contributed by atoms with Gasteiger partial charge in [-0.15, -0.1) is 0 Å².